The Morgan fingerprint density at radius 3 is 2.13 bits per heavy atom. The lowest BCUT2D eigenvalue weighted by Gasteiger charge is -2.11. The Labute approximate surface area is 91.8 Å². The third-order valence-electron chi connectivity index (χ3n) is 2.50. The monoisotopic (exact) mass is 202 g/mol. The molecule has 0 saturated carbocycles. The van der Waals surface area contributed by atoms with Gasteiger partial charge >= 0.3 is 0 Å². The zero-order valence-corrected chi connectivity index (χ0v) is 9.40. The topological polar surface area (TPSA) is 20.2 Å². The van der Waals surface area contributed by atoms with E-state index in [2.05, 4.69) is 49.4 Å². The Bertz CT molecular complexity index is 347. The van der Waals surface area contributed by atoms with Crippen molar-refractivity contribution < 1.29 is 5.11 Å². The van der Waals surface area contributed by atoms with Gasteiger partial charge < -0.3 is 5.11 Å². The highest BCUT2D eigenvalue weighted by atomic mass is 16.2. The Morgan fingerprint density at radius 1 is 0.933 bits per heavy atom. The Balaban J connectivity index is 0.000000531. The van der Waals surface area contributed by atoms with Gasteiger partial charge in [0.1, 0.15) is 0 Å². The van der Waals surface area contributed by atoms with E-state index in [0.717, 1.165) is 7.11 Å². The van der Waals surface area contributed by atoms with Crippen LogP contribution in [0.3, 0.4) is 0 Å². The van der Waals surface area contributed by atoms with Crippen LogP contribution < -0.4 is 0 Å². The van der Waals surface area contributed by atoms with E-state index in [4.69, 9.17) is 5.11 Å². The molecule has 0 unspecified atom stereocenters. The molecule has 0 saturated heterocycles. The highest BCUT2D eigenvalue weighted by molar-refractivity contribution is 5.68. The molecule has 0 radical (unpaired) electrons. The second-order valence-electron chi connectivity index (χ2n) is 3.57. The third kappa shape index (κ3) is 3.37. The van der Waals surface area contributed by atoms with E-state index in [9.17, 15) is 0 Å². The van der Waals surface area contributed by atoms with E-state index in [-0.39, 0.29) is 0 Å². The second-order valence-corrected chi connectivity index (χ2v) is 3.57. The lowest BCUT2D eigenvalue weighted by molar-refractivity contribution is 0.399. The molecular formula is C14H18O. The first-order valence-corrected chi connectivity index (χ1v) is 5.23. The van der Waals surface area contributed by atoms with Gasteiger partial charge in [0, 0.05) is 7.11 Å². The summed E-state index contributed by atoms with van der Waals surface area (Å²) in [5.41, 5.74) is 4.32. The van der Waals surface area contributed by atoms with Crippen molar-refractivity contribution in [3.8, 4) is 0 Å². The van der Waals surface area contributed by atoms with E-state index in [1.165, 1.54) is 29.6 Å². The zero-order valence-electron chi connectivity index (χ0n) is 9.40. The lowest BCUT2D eigenvalue weighted by Crippen LogP contribution is -1.90. The van der Waals surface area contributed by atoms with Gasteiger partial charge in [0.15, 0.2) is 0 Å². The Kier molecular flexibility index (Phi) is 4.85. The van der Waals surface area contributed by atoms with E-state index in [1.54, 1.807) is 0 Å². The van der Waals surface area contributed by atoms with E-state index >= 15 is 0 Å². The number of aliphatic hydroxyl groups is 1. The van der Waals surface area contributed by atoms with Crippen molar-refractivity contribution in [2.24, 2.45) is 0 Å². The normalized spacial score (nSPS) is 14.6. The average molecular weight is 202 g/mol. The molecular weight excluding hydrogens is 184 g/mol. The van der Waals surface area contributed by atoms with Gasteiger partial charge in [-0.15, -0.1) is 0 Å². The summed E-state index contributed by atoms with van der Waals surface area (Å²) in [7, 11) is 1.00. The van der Waals surface area contributed by atoms with Crippen LogP contribution in [0.2, 0.25) is 0 Å². The molecule has 2 rings (SSSR count). The molecule has 0 aliphatic heterocycles. The van der Waals surface area contributed by atoms with Crippen molar-refractivity contribution in [1.82, 2.24) is 0 Å². The third-order valence-corrected chi connectivity index (χ3v) is 2.50. The summed E-state index contributed by atoms with van der Waals surface area (Å²) in [6, 6.07) is 10.6. The molecule has 1 nitrogen and oxygen atoms in total. The number of allylic oxidation sites excluding steroid dienone is 4. The second kappa shape index (κ2) is 6.20. The van der Waals surface area contributed by atoms with Crippen molar-refractivity contribution in [3.05, 3.63) is 53.6 Å². The molecule has 0 aromatic heterocycles. The molecule has 80 valence electrons. The van der Waals surface area contributed by atoms with Crippen molar-refractivity contribution in [1.29, 1.82) is 0 Å². The number of aliphatic hydroxyl groups excluding tert-OH is 1. The molecule has 1 aliphatic rings. The van der Waals surface area contributed by atoms with Crippen LogP contribution in [-0.2, 0) is 0 Å². The van der Waals surface area contributed by atoms with Gasteiger partial charge in [-0.1, -0.05) is 48.1 Å². The van der Waals surface area contributed by atoms with Crippen LogP contribution in [0.4, 0.5) is 0 Å². The molecule has 0 bridgehead atoms. The van der Waals surface area contributed by atoms with E-state index in [0.29, 0.717) is 0 Å². The minimum Gasteiger partial charge on any atom is -0.400 e. The van der Waals surface area contributed by atoms with Crippen LogP contribution in [0.5, 0.6) is 0 Å². The van der Waals surface area contributed by atoms with Crippen molar-refractivity contribution >= 4 is 5.57 Å². The highest BCUT2D eigenvalue weighted by Crippen LogP contribution is 2.25. The molecule has 0 heterocycles. The molecule has 1 aliphatic carbocycles. The van der Waals surface area contributed by atoms with Crippen LogP contribution in [0, 0.1) is 0 Å². The molecule has 1 heteroatoms. The largest absolute Gasteiger partial charge is 0.400 e. The van der Waals surface area contributed by atoms with E-state index < -0.39 is 0 Å². The molecule has 1 aromatic rings. The van der Waals surface area contributed by atoms with Crippen LogP contribution in [-0.4, -0.2) is 12.2 Å². The van der Waals surface area contributed by atoms with Gasteiger partial charge in [0.25, 0.3) is 0 Å². The quantitative estimate of drug-likeness (QED) is 0.739. The fraction of sp³-hybridized carbons (Fsp3) is 0.286. The van der Waals surface area contributed by atoms with Crippen LogP contribution >= 0.6 is 0 Å². The summed E-state index contributed by atoms with van der Waals surface area (Å²) in [4.78, 5) is 0. The van der Waals surface area contributed by atoms with E-state index in [1.807, 2.05) is 0 Å². The van der Waals surface area contributed by atoms with Crippen molar-refractivity contribution in [2.75, 3.05) is 7.11 Å². The standard InChI is InChI=1S/C13H14.CH4O/c1-11-7-9-13(10-8-11)12-5-3-2-4-6-12;1-2/h2-7,9H,8,10H2,1H3;2H,1H3. The van der Waals surface area contributed by atoms with Crippen LogP contribution in [0.1, 0.15) is 25.3 Å². The molecule has 15 heavy (non-hydrogen) atoms. The first-order valence-electron chi connectivity index (χ1n) is 5.23. The number of hydrogen-bond acceptors (Lipinski definition) is 1. The maximum absolute atomic E-state index is 7.00. The summed E-state index contributed by atoms with van der Waals surface area (Å²) >= 11 is 0. The highest BCUT2D eigenvalue weighted by Gasteiger charge is 2.04. The van der Waals surface area contributed by atoms with Crippen molar-refractivity contribution in [3.63, 3.8) is 0 Å². The van der Waals surface area contributed by atoms with Gasteiger partial charge in [-0.05, 0) is 30.9 Å². The maximum Gasteiger partial charge on any atom is 0.0319 e. The van der Waals surface area contributed by atoms with Gasteiger partial charge in [-0.2, -0.15) is 0 Å². The SMILES string of the molecule is CC1=CC=C(c2ccccc2)CC1.CO. The van der Waals surface area contributed by atoms with Crippen LogP contribution in [0.25, 0.3) is 5.57 Å². The lowest BCUT2D eigenvalue weighted by atomic mass is 9.94. The predicted octanol–water partition coefficient (Wildman–Crippen LogP) is 3.42. The molecule has 0 amide bonds. The first kappa shape index (κ1) is 11.7. The van der Waals surface area contributed by atoms with Gasteiger partial charge in [-0.3, -0.25) is 0 Å². The number of rotatable bonds is 1. The summed E-state index contributed by atoms with van der Waals surface area (Å²) in [5, 5.41) is 7.00. The fourth-order valence-corrected chi connectivity index (χ4v) is 1.63. The minimum absolute atomic E-state index is 1.00. The zero-order chi connectivity index (χ0) is 11.1. The van der Waals surface area contributed by atoms with Crippen LogP contribution in [0.15, 0.2) is 48.1 Å². The molecule has 1 aromatic carbocycles. The minimum atomic E-state index is 1.00. The number of hydrogen-bond donors (Lipinski definition) is 1. The smallest absolute Gasteiger partial charge is 0.0319 e. The molecule has 0 spiro atoms. The average Bonchev–Trinajstić information content (AvgIpc) is 2.34. The van der Waals surface area contributed by atoms with Gasteiger partial charge in [0.05, 0.1) is 0 Å². The number of benzene rings is 1. The van der Waals surface area contributed by atoms with Crippen molar-refractivity contribution in [2.45, 2.75) is 19.8 Å². The Morgan fingerprint density at radius 2 is 1.60 bits per heavy atom. The molecule has 0 fully saturated rings. The Hall–Kier alpha value is -1.34. The van der Waals surface area contributed by atoms with Gasteiger partial charge in [-0.25, -0.2) is 0 Å². The summed E-state index contributed by atoms with van der Waals surface area (Å²) in [5.74, 6) is 0. The van der Waals surface area contributed by atoms with Gasteiger partial charge in [0.2, 0.25) is 0 Å². The summed E-state index contributed by atoms with van der Waals surface area (Å²) in [6.45, 7) is 2.19. The maximum atomic E-state index is 7.00. The summed E-state index contributed by atoms with van der Waals surface area (Å²) in [6.07, 6.45) is 6.87. The fourth-order valence-electron chi connectivity index (χ4n) is 1.63. The molecule has 0 atom stereocenters. The predicted molar refractivity (Wildman–Crippen MR) is 65.6 cm³/mol. The molecule has 1 N–H and O–H groups in total. The summed E-state index contributed by atoms with van der Waals surface area (Å²) < 4.78 is 0. The first-order chi connectivity index (χ1) is 7.36.